The van der Waals surface area contributed by atoms with Crippen molar-refractivity contribution in [1.82, 2.24) is 9.03 Å². The maximum Gasteiger partial charge on any atom is 0.243 e. The van der Waals surface area contributed by atoms with Gasteiger partial charge in [-0.2, -0.15) is 4.31 Å². The van der Waals surface area contributed by atoms with Crippen LogP contribution in [0.5, 0.6) is 0 Å². The molecule has 0 spiro atoms. The van der Waals surface area contributed by atoms with Crippen molar-refractivity contribution in [3.63, 3.8) is 0 Å². The average Bonchev–Trinajstić information content (AvgIpc) is 3.41. The second-order valence-electron chi connectivity index (χ2n) is 7.01. The van der Waals surface area contributed by atoms with Gasteiger partial charge in [0.25, 0.3) is 0 Å². The highest BCUT2D eigenvalue weighted by atomic mass is 32.2. The van der Waals surface area contributed by atoms with Gasteiger partial charge in [-0.3, -0.25) is 0 Å². The van der Waals surface area contributed by atoms with Gasteiger partial charge in [0.1, 0.15) is 0 Å². The predicted molar refractivity (Wildman–Crippen MR) is 97.3 cm³/mol. The maximum absolute atomic E-state index is 13.0. The molecule has 2 fully saturated rings. The lowest BCUT2D eigenvalue weighted by molar-refractivity contribution is 0.242. The van der Waals surface area contributed by atoms with Crippen LogP contribution in [0.2, 0.25) is 0 Å². The van der Waals surface area contributed by atoms with Crippen LogP contribution in [0.1, 0.15) is 44.1 Å². The number of sulfonamides is 2. The van der Waals surface area contributed by atoms with Crippen LogP contribution in [0.15, 0.2) is 29.2 Å². The molecule has 1 saturated heterocycles. The molecule has 1 aromatic carbocycles. The number of hydrogen-bond donors (Lipinski definition) is 1. The third-order valence-electron chi connectivity index (χ3n) is 4.94. The Morgan fingerprint density at radius 2 is 1.72 bits per heavy atom. The molecule has 0 radical (unpaired) electrons. The van der Waals surface area contributed by atoms with Gasteiger partial charge >= 0.3 is 0 Å². The van der Waals surface area contributed by atoms with Crippen LogP contribution in [-0.4, -0.2) is 45.5 Å². The molecule has 1 aliphatic carbocycles. The Kier molecular flexibility index (Phi) is 5.53. The zero-order valence-corrected chi connectivity index (χ0v) is 16.2. The number of aryl methyl sites for hydroxylation is 1. The molecule has 1 atom stereocenters. The SMILES string of the molecule is Cc1ccc(S(=O)(=O)N2CCCC[C@@H]2CCNS(=O)(=O)C2CC2)cc1. The first-order valence-electron chi connectivity index (χ1n) is 8.88. The number of rotatable bonds is 7. The van der Waals surface area contributed by atoms with Crippen LogP contribution in [0.3, 0.4) is 0 Å². The minimum Gasteiger partial charge on any atom is -0.215 e. The molecule has 140 valence electrons. The van der Waals surface area contributed by atoms with Crippen molar-refractivity contribution >= 4 is 20.0 Å². The van der Waals surface area contributed by atoms with E-state index in [-0.39, 0.29) is 11.3 Å². The Morgan fingerprint density at radius 3 is 2.36 bits per heavy atom. The standard InChI is InChI=1S/C17H26N2O4S2/c1-14-5-7-17(8-6-14)25(22,23)19-13-3-2-4-15(19)11-12-18-24(20,21)16-9-10-16/h5-8,15-16,18H,2-4,9-13H2,1H3/t15-/m1/s1. The summed E-state index contributed by atoms with van der Waals surface area (Å²) >= 11 is 0. The molecule has 0 bridgehead atoms. The zero-order valence-electron chi connectivity index (χ0n) is 14.5. The van der Waals surface area contributed by atoms with Gasteiger partial charge in [-0.05, 0) is 51.2 Å². The van der Waals surface area contributed by atoms with Gasteiger partial charge < -0.3 is 0 Å². The Balaban J connectivity index is 1.68. The summed E-state index contributed by atoms with van der Waals surface area (Å²) in [6, 6.07) is 6.74. The molecule has 2 aliphatic rings. The van der Waals surface area contributed by atoms with Gasteiger partial charge in [-0.25, -0.2) is 21.6 Å². The summed E-state index contributed by atoms with van der Waals surface area (Å²) in [5.41, 5.74) is 1.02. The van der Waals surface area contributed by atoms with Gasteiger partial charge in [-0.15, -0.1) is 0 Å². The number of nitrogens with one attached hydrogen (secondary N) is 1. The molecule has 1 saturated carbocycles. The van der Waals surface area contributed by atoms with Crippen molar-refractivity contribution in [2.75, 3.05) is 13.1 Å². The third kappa shape index (κ3) is 4.42. The molecule has 6 nitrogen and oxygen atoms in total. The quantitative estimate of drug-likeness (QED) is 0.777. The second kappa shape index (κ2) is 7.34. The highest BCUT2D eigenvalue weighted by Crippen LogP contribution is 2.29. The molecule has 25 heavy (non-hydrogen) atoms. The van der Waals surface area contributed by atoms with Gasteiger partial charge in [-0.1, -0.05) is 24.1 Å². The molecular formula is C17H26N2O4S2. The normalized spacial score (nSPS) is 22.8. The molecule has 1 aromatic rings. The largest absolute Gasteiger partial charge is 0.243 e. The van der Waals surface area contributed by atoms with E-state index in [2.05, 4.69) is 4.72 Å². The second-order valence-corrected chi connectivity index (χ2v) is 10.9. The minimum absolute atomic E-state index is 0.151. The lowest BCUT2D eigenvalue weighted by Gasteiger charge is -2.34. The van der Waals surface area contributed by atoms with E-state index in [4.69, 9.17) is 0 Å². The fourth-order valence-electron chi connectivity index (χ4n) is 3.29. The zero-order chi connectivity index (χ0) is 18.1. The van der Waals surface area contributed by atoms with Crippen molar-refractivity contribution in [3.8, 4) is 0 Å². The van der Waals surface area contributed by atoms with E-state index in [0.29, 0.717) is 24.4 Å². The molecular weight excluding hydrogens is 360 g/mol. The van der Waals surface area contributed by atoms with Gasteiger partial charge in [0.2, 0.25) is 20.0 Å². The molecule has 8 heteroatoms. The van der Waals surface area contributed by atoms with Crippen LogP contribution in [0.25, 0.3) is 0 Å². The summed E-state index contributed by atoms with van der Waals surface area (Å²) in [5, 5.41) is -0.244. The molecule has 0 unspecified atom stereocenters. The number of benzene rings is 1. The van der Waals surface area contributed by atoms with Gasteiger partial charge in [0.05, 0.1) is 10.1 Å². The summed E-state index contributed by atoms with van der Waals surface area (Å²) in [4.78, 5) is 0.309. The van der Waals surface area contributed by atoms with E-state index in [9.17, 15) is 16.8 Å². The third-order valence-corrected chi connectivity index (χ3v) is 8.87. The Morgan fingerprint density at radius 1 is 1.04 bits per heavy atom. The van der Waals surface area contributed by atoms with E-state index in [1.807, 2.05) is 6.92 Å². The fourth-order valence-corrected chi connectivity index (χ4v) is 6.41. The Hall–Kier alpha value is -0.960. The number of piperidine rings is 1. The Bertz CT molecular complexity index is 800. The maximum atomic E-state index is 13.0. The molecule has 1 heterocycles. The van der Waals surface area contributed by atoms with Crippen molar-refractivity contribution in [3.05, 3.63) is 29.8 Å². The first-order chi connectivity index (χ1) is 11.8. The van der Waals surface area contributed by atoms with Crippen LogP contribution >= 0.6 is 0 Å². The lowest BCUT2D eigenvalue weighted by atomic mass is 10.0. The smallest absolute Gasteiger partial charge is 0.215 e. The topological polar surface area (TPSA) is 83.6 Å². The van der Waals surface area contributed by atoms with E-state index in [1.165, 1.54) is 0 Å². The van der Waals surface area contributed by atoms with E-state index in [0.717, 1.165) is 37.7 Å². The number of hydrogen-bond acceptors (Lipinski definition) is 4. The predicted octanol–water partition coefficient (Wildman–Crippen LogP) is 2.01. The molecule has 0 amide bonds. The van der Waals surface area contributed by atoms with E-state index in [1.54, 1.807) is 28.6 Å². The summed E-state index contributed by atoms with van der Waals surface area (Å²) in [5.74, 6) is 0. The summed E-state index contributed by atoms with van der Waals surface area (Å²) in [6.45, 7) is 2.71. The van der Waals surface area contributed by atoms with Gasteiger partial charge in [0.15, 0.2) is 0 Å². The number of nitrogens with zero attached hydrogens (tertiary/aromatic N) is 1. The fraction of sp³-hybridized carbons (Fsp3) is 0.647. The van der Waals surface area contributed by atoms with Crippen LogP contribution in [-0.2, 0) is 20.0 Å². The van der Waals surface area contributed by atoms with Crippen LogP contribution < -0.4 is 4.72 Å². The highest BCUT2D eigenvalue weighted by molar-refractivity contribution is 7.90. The molecule has 3 rings (SSSR count). The minimum atomic E-state index is -3.54. The summed E-state index contributed by atoms with van der Waals surface area (Å²) in [7, 11) is -6.76. The summed E-state index contributed by atoms with van der Waals surface area (Å²) in [6.07, 6.45) is 4.56. The lowest BCUT2D eigenvalue weighted by Crippen LogP contribution is -2.45. The first kappa shape index (κ1) is 18.8. The monoisotopic (exact) mass is 386 g/mol. The average molecular weight is 387 g/mol. The van der Waals surface area contributed by atoms with Crippen molar-refractivity contribution < 1.29 is 16.8 Å². The Labute approximate surface area is 150 Å². The van der Waals surface area contributed by atoms with Crippen LogP contribution in [0.4, 0.5) is 0 Å². The molecule has 1 aliphatic heterocycles. The highest BCUT2D eigenvalue weighted by Gasteiger charge is 2.36. The molecule has 0 aromatic heterocycles. The molecule has 1 N–H and O–H groups in total. The first-order valence-corrected chi connectivity index (χ1v) is 11.9. The van der Waals surface area contributed by atoms with Crippen molar-refractivity contribution in [1.29, 1.82) is 0 Å². The van der Waals surface area contributed by atoms with Crippen molar-refractivity contribution in [2.45, 2.75) is 61.6 Å². The van der Waals surface area contributed by atoms with E-state index < -0.39 is 20.0 Å². The van der Waals surface area contributed by atoms with Crippen molar-refractivity contribution in [2.24, 2.45) is 0 Å². The van der Waals surface area contributed by atoms with Crippen LogP contribution in [0, 0.1) is 6.92 Å². The summed E-state index contributed by atoms with van der Waals surface area (Å²) < 4.78 is 54.0. The van der Waals surface area contributed by atoms with E-state index >= 15 is 0 Å². The van der Waals surface area contributed by atoms with Gasteiger partial charge in [0, 0.05) is 19.1 Å².